The van der Waals surface area contributed by atoms with Crippen molar-refractivity contribution < 1.29 is 9.44 Å². The fraction of sp³-hybridized carbons (Fsp3) is 0.889. The number of carbonyl (C=O) groups is 1. The Hall–Kier alpha value is -0.410. The van der Waals surface area contributed by atoms with Crippen molar-refractivity contribution >= 4 is 5.78 Å². The monoisotopic (exact) mass is 171 g/mol. The van der Waals surface area contributed by atoms with E-state index in [1.165, 1.54) is 0 Å². The first-order valence-corrected chi connectivity index (χ1v) is 4.57. The number of hydrogen-bond acceptors (Lipinski definition) is 2. The third kappa shape index (κ3) is 2.57. The molecule has 0 aromatic rings. The highest BCUT2D eigenvalue weighted by Gasteiger charge is 2.23. The molecule has 0 aliphatic carbocycles. The topological polar surface area (TPSA) is 40.1 Å². The highest BCUT2D eigenvalue weighted by Crippen LogP contribution is 2.20. The normalized spacial score (nSPS) is 37.4. The molecule has 0 amide bonds. The summed E-state index contributed by atoms with van der Waals surface area (Å²) >= 11 is 0. The number of quaternary nitrogens is 1. The van der Waals surface area contributed by atoms with Crippen molar-refractivity contribution in [2.45, 2.75) is 26.2 Å². The van der Waals surface area contributed by atoms with Crippen LogP contribution >= 0.6 is 0 Å². The lowest BCUT2D eigenvalue weighted by molar-refractivity contribution is -0.859. The number of Topliss-reactive ketones (excluding diaryl/α,β-unsaturated/α-hetero) is 1. The van der Waals surface area contributed by atoms with Crippen LogP contribution < -0.4 is 0 Å². The number of nitrogens with zero attached hydrogens (tertiary/aromatic N) is 1. The molecule has 3 nitrogen and oxygen atoms in total. The Morgan fingerprint density at radius 2 is 2.08 bits per heavy atom. The SMILES string of the molecule is CC(=O)C1CCC[N+](C)([O-])CC1. The van der Waals surface area contributed by atoms with Gasteiger partial charge in [-0.15, -0.1) is 0 Å². The number of hydrogen-bond donors (Lipinski definition) is 0. The van der Waals surface area contributed by atoms with Crippen molar-refractivity contribution in [2.75, 3.05) is 20.1 Å². The minimum absolute atomic E-state index is 0.152. The molecular weight excluding hydrogens is 154 g/mol. The van der Waals surface area contributed by atoms with Crippen LogP contribution in [0, 0.1) is 11.1 Å². The van der Waals surface area contributed by atoms with Crippen LogP contribution in [-0.4, -0.2) is 30.6 Å². The van der Waals surface area contributed by atoms with Gasteiger partial charge in [0, 0.05) is 12.3 Å². The maximum Gasteiger partial charge on any atom is 0.133 e. The van der Waals surface area contributed by atoms with Gasteiger partial charge in [0.05, 0.1) is 20.1 Å². The molecule has 70 valence electrons. The van der Waals surface area contributed by atoms with Gasteiger partial charge in [-0.2, -0.15) is 0 Å². The molecule has 1 saturated heterocycles. The van der Waals surface area contributed by atoms with Crippen molar-refractivity contribution in [1.82, 2.24) is 0 Å². The molecule has 12 heavy (non-hydrogen) atoms. The summed E-state index contributed by atoms with van der Waals surface area (Å²) in [5.74, 6) is 0.399. The lowest BCUT2D eigenvalue weighted by Gasteiger charge is -2.37. The summed E-state index contributed by atoms with van der Waals surface area (Å²) in [4.78, 5) is 11.1. The zero-order valence-corrected chi connectivity index (χ0v) is 7.88. The van der Waals surface area contributed by atoms with E-state index in [1.807, 2.05) is 0 Å². The molecule has 0 spiro atoms. The Balaban J connectivity index is 2.50. The smallest absolute Gasteiger partial charge is 0.133 e. The van der Waals surface area contributed by atoms with E-state index in [4.69, 9.17) is 0 Å². The second kappa shape index (κ2) is 3.54. The van der Waals surface area contributed by atoms with Gasteiger partial charge in [0.1, 0.15) is 5.78 Å². The van der Waals surface area contributed by atoms with Gasteiger partial charge < -0.3 is 9.85 Å². The van der Waals surface area contributed by atoms with E-state index in [0.717, 1.165) is 19.3 Å². The lowest BCUT2D eigenvalue weighted by Crippen LogP contribution is -2.38. The van der Waals surface area contributed by atoms with E-state index >= 15 is 0 Å². The summed E-state index contributed by atoms with van der Waals surface area (Å²) in [6.07, 6.45) is 2.57. The predicted octanol–water partition coefficient (Wildman–Crippen LogP) is 1.32. The summed E-state index contributed by atoms with van der Waals surface area (Å²) < 4.78 is -0.163. The molecule has 1 aliphatic heterocycles. The van der Waals surface area contributed by atoms with E-state index in [9.17, 15) is 10.0 Å². The minimum atomic E-state index is -0.163. The highest BCUT2D eigenvalue weighted by atomic mass is 16.5. The van der Waals surface area contributed by atoms with Gasteiger partial charge in [0.2, 0.25) is 0 Å². The number of rotatable bonds is 1. The molecule has 2 atom stereocenters. The van der Waals surface area contributed by atoms with Crippen LogP contribution in [0.5, 0.6) is 0 Å². The average molecular weight is 171 g/mol. The number of likely N-dealkylation sites (tertiary alicyclic amines) is 1. The molecule has 0 aromatic carbocycles. The Morgan fingerprint density at radius 3 is 2.67 bits per heavy atom. The third-order valence-electron chi connectivity index (χ3n) is 2.71. The number of ketones is 1. The Morgan fingerprint density at radius 1 is 1.42 bits per heavy atom. The molecule has 2 unspecified atom stereocenters. The third-order valence-corrected chi connectivity index (χ3v) is 2.71. The molecule has 0 saturated carbocycles. The molecule has 0 radical (unpaired) electrons. The van der Waals surface area contributed by atoms with E-state index in [-0.39, 0.29) is 16.3 Å². The molecule has 0 N–H and O–H groups in total. The Bertz CT molecular complexity index is 177. The molecule has 1 fully saturated rings. The number of hydroxylamine groups is 3. The summed E-state index contributed by atoms with van der Waals surface area (Å²) in [5.41, 5.74) is 0. The minimum Gasteiger partial charge on any atom is -0.633 e. The lowest BCUT2D eigenvalue weighted by atomic mass is 9.97. The Kier molecular flexibility index (Phi) is 2.85. The van der Waals surface area contributed by atoms with Crippen molar-refractivity contribution in [1.29, 1.82) is 0 Å². The molecule has 0 aromatic heterocycles. The summed E-state index contributed by atoms with van der Waals surface area (Å²) in [6.45, 7) is 2.90. The van der Waals surface area contributed by atoms with Crippen LogP contribution in [0.25, 0.3) is 0 Å². The van der Waals surface area contributed by atoms with Crippen LogP contribution in [-0.2, 0) is 4.79 Å². The molecule has 1 rings (SSSR count). The van der Waals surface area contributed by atoms with E-state index < -0.39 is 0 Å². The van der Waals surface area contributed by atoms with E-state index in [2.05, 4.69) is 0 Å². The average Bonchev–Trinajstić information content (AvgIpc) is 2.10. The highest BCUT2D eigenvalue weighted by molar-refractivity contribution is 5.78. The van der Waals surface area contributed by atoms with Gasteiger partial charge in [0.25, 0.3) is 0 Å². The quantitative estimate of drug-likeness (QED) is 0.441. The van der Waals surface area contributed by atoms with Crippen LogP contribution in [0.15, 0.2) is 0 Å². The predicted molar refractivity (Wildman–Crippen MR) is 47.3 cm³/mol. The van der Waals surface area contributed by atoms with Gasteiger partial charge in [-0.1, -0.05) is 0 Å². The van der Waals surface area contributed by atoms with Crippen molar-refractivity contribution in [3.63, 3.8) is 0 Å². The summed E-state index contributed by atoms with van der Waals surface area (Å²) in [7, 11) is 1.70. The molecule has 3 heteroatoms. The van der Waals surface area contributed by atoms with E-state index in [0.29, 0.717) is 13.1 Å². The zero-order valence-electron chi connectivity index (χ0n) is 7.88. The van der Waals surface area contributed by atoms with Crippen molar-refractivity contribution in [2.24, 2.45) is 5.92 Å². The van der Waals surface area contributed by atoms with E-state index in [1.54, 1.807) is 14.0 Å². The van der Waals surface area contributed by atoms with Gasteiger partial charge in [-0.05, 0) is 19.8 Å². The summed E-state index contributed by atoms with van der Waals surface area (Å²) in [5, 5.41) is 11.5. The second-order valence-corrected chi connectivity index (χ2v) is 3.98. The first-order chi connectivity index (χ1) is 5.51. The Labute approximate surface area is 73.5 Å². The first-order valence-electron chi connectivity index (χ1n) is 4.57. The largest absolute Gasteiger partial charge is 0.633 e. The van der Waals surface area contributed by atoms with Crippen LogP contribution in [0.1, 0.15) is 26.2 Å². The van der Waals surface area contributed by atoms with Crippen LogP contribution in [0.2, 0.25) is 0 Å². The fourth-order valence-corrected chi connectivity index (χ4v) is 1.76. The molecule has 0 bridgehead atoms. The summed E-state index contributed by atoms with van der Waals surface area (Å²) in [6, 6.07) is 0. The van der Waals surface area contributed by atoms with Crippen molar-refractivity contribution in [3.8, 4) is 0 Å². The van der Waals surface area contributed by atoms with Gasteiger partial charge in [-0.25, -0.2) is 0 Å². The second-order valence-electron chi connectivity index (χ2n) is 3.98. The maximum atomic E-state index is 11.5. The van der Waals surface area contributed by atoms with Gasteiger partial charge >= 0.3 is 0 Å². The van der Waals surface area contributed by atoms with Gasteiger partial charge in [-0.3, -0.25) is 4.79 Å². The number of carbonyl (C=O) groups excluding carboxylic acids is 1. The molecule has 1 heterocycles. The first kappa shape index (κ1) is 9.68. The fourth-order valence-electron chi connectivity index (χ4n) is 1.76. The van der Waals surface area contributed by atoms with Crippen LogP contribution in [0.4, 0.5) is 0 Å². The zero-order chi connectivity index (χ0) is 9.19. The molecule has 1 aliphatic rings. The van der Waals surface area contributed by atoms with Gasteiger partial charge in [0.15, 0.2) is 0 Å². The van der Waals surface area contributed by atoms with Crippen LogP contribution in [0.3, 0.4) is 0 Å². The van der Waals surface area contributed by atoms with Crippen molar-refractivity contribution in [3.05, 3.63) is 5.21 Å². The standard InChI is InChI=1S/C9H17NO2/c1-8(11)9-4-3-6-10(2,12)7-5-9/h9H,3-7H2,1-2H3. The maximum absolute atomic E-state index is 11.5. The molecular formula is C9H17NO2.